The maximum absolute atomic E-state index is 13.7. The van der Waals surface area contributed by atoms with E-state index >= 15 is 0 Å². The van der Waals surface area contributed by atoms with Crippen molar-refractivity contribution in [2.75, 3.05) is 13.2 Å². The topological polar surface area (TPSA) is 67.9 Å². The number of rotatable bonds is 5. The standard InChI is InChI=1S/C27H36N2O4/c1-8-20-21(10-11-22-24(20)33-13-12-32-22)25(30)28-29(23(9-2)27(5,6)7)26(31)19-15-17(3)14-18(4)16-19/h10-11,14-16,23H,8-9,12-13H2,1-7H3,(H,28,30). The molecule has 178 valence electrons. The maximum Gasteiger partial charge on any atom is 0.272 e. The first-order chi connectivity index (χ1) is 15.6. The SMILES string of the molecule is CCc1c(C(=O)NN(C(=O)c2cc(C)cc(C)c2)C(CC)C(C)(C)C)ccc2c1OCCO2. The third-order valence-electron chi connectivity index (χ3n) is 6.02. The van der Waals surface area contributed by atoms with Crippen molar-refractivity contribution < 1.29 is 19.1 Å². The molecule has 0 aliphatic carbocycles. The highest BCUT2D eigenvalue weighted by Gasteiger charge is 2.35. The second-order valence-electron chi connectivity index (χ2n) is 9.75. The molecule has 2 amide bonds. The van der Waals surface area contributed by atoms with Gasteiger partial charge >= 0.3 is 0 Å². The van der Waals surface area contributed by atoms with Crippen LogP contribution in [0.5, 0.6) is 11.5 Å². The molecule has 3 rings (SSSR count). The summed E-state index contributed by atoms with van der Waals surface area (Å²) in [4.78, 5) is 27.3. The predicted octanol–water partition coefficient (Wildman–Crippen LogP) is 5.25. The Bertz CT molecular complexity index is 1020. The smallest absolute Gasteiger partial charge is 0.272 e. The number of carbonyl (C=O) groups excluding carboxylic acids is 2. The quantitative estimate of drug-likeness (QED) is 0.629. The summed E-state index contributed by atoms with van der Waals surface area (Å²) in [6.07, 6.45) is 1.30. The Morgan fingerprint density at radius 2 is 1.67 bits per heavy atom. The summed E-state index contributed by atoms with van der Waals surface area (Å²) in [5.41, 5.74) is 6.57. The summed E-state index contributed by atoms with van der Waals surface area (Å²) in [6, 6.07) is 9.08. The fraction of sp³-hybridized carbons (Fsp3) is 0.481. The molecule has 0 fully saturated rings. The van der Waals surface area contributed by atoms with Crippen LogP contribution in [0.25, 0.3) is 0 Å². The van der Waals surface area contributed by atoms with Crippen molar-refractivity contribution in [3.8, 4) is 11.5 Å². The second-order valence-corrected chi connectivity index (χ2v) is 9.75. The average molecular weight is 453 g/mol. The molecule has 6 nitrogen and oxygen atoms in total. The van der Waals surface area contributed by atoms with Crippen molar-refractivity contribution in [3.05, 3.63) is 58.1 Å². The molecular formula is C27H36N2O4. The molecule has 33 heavy (non-hydrogen) atoms. The Balaban J connectivity index is 2.01. The van der Waals surface area contributed by atoms with Crippen LogP contribution < -0.4 is 14.9 Å². The number of aryl methyl sites for hydroxylation is 2. The van der Waals surface area contributed by atoms with E-state index in [4.69, 9.17) is 9.47 Å². The molecule has 1 aliphatic heterocycles. The number of benzene rings is 2. The molecule has 1 unspecified atom stereocenters. The number of fused-ring (bicyclic) bond motifs is 1. The van der Waals surface area contributed by atoms with E-state index in [1.54, 1.807) is 12.1 Å². The van der Waals surface area contributed by atoms with E-state index in [1.165, 1.54) is 5.01 Å². The van der Waals surface area contributed by atoms with Gasteiger partial charge in [-0.05, 0) is 56.4 Å². The van der Waals surface area contributed by atoms with Crippen molar-refractivity contribution in [1.82, 2.24) is 10.4 Å². The number of carbonyl (C=O) groups is 2. The second kappa shape index (κ2) is 9.86. The number of nitrogens with one attached hydrogen (secondary N) is 1. The van der Waals surface area contributed by atoms with Crippen molar-refractivity contribution >= 4 is 11.8 Å². The molecule has 2 aromatic rings. The fourth-order valence-corrected chi connectivity index (χ4v) is 4.60. The lowest BCUT2D eigenvalue weighted by Gasteiger charge is -2.39. The number of nitrogens with zero attached hydrogens (tertiary/aromatic N) is 1. The molecule has 1 heterocycles. The lowest BCUT2D eigenvalue weighted by molar-refractivity contribution is 0.0284. The molecule has 2 aromatic carbocycles. The number of hydrazine groups is 1. The summed E-state index contributed by atoms with van der Waals surface area (Å²) < 4.78 is 11.5. The average Bonchev–Trinajstić information content (AvgIpc) is 2.75. The number of amides is 2. The molecule has 0 bridgehead atoms. The Labute approximate surface area is 197 Å². The summed E-state index contributed by atoms with van der Waals surface area (Å²) in [7, 11) is 0. The highest BCUT2D eigenvalue weighted by molar-refractivity contribution is 6.00. The van der Waals surface area contributed by atoms with Gasteiger partial charge in [-0.25, -0.2) is 5.01 Å². The summed E-state index contributed by atoms with van der Waals surface area (Å²) in [5, 5.41) is 1.52. The minimum absolute atomic E-state index is 0.197. The van der Waals surface area contributed by atoms with Gasteiger partial charge in [-0.2, -0.15) is 0 Å². The van der Waals surface area contributed by atoms with E-state index < -0.39 is 0 Å². The maximum atomic E-state index is 13.7. The van der Waals surface area contributed by atoms with Crippen LogP contribution >= 0.6 is 0 Å². The van der Waals surface area contributed by atoms with Crippen molar-refractivity contribution in [1.29, 1.82) is 0 Å². The van der Waals surface area contributed by atoms with E-state index in [0.29, 0.717) is 48.7 Å². The van der Waals surface area contributed by atoms with Gasteiger partial charge in [0.25, 0.3) is 11.8 Å². The zero-order chi connectivity index (χ0) is 24.3. The van der Waals surface area contributed by atoms with Crippen LogP contribution in [0.15, 0.2) is 30.3 Å². The third kappa shape index (κ3) is 5.32. The molecule has 6 heteroatoms. The molecule has 0 saturated carbocycles. The molecule has 0 spiro atoms. The highest BCUT2D eigenvalue weighted by atomic mass is 16.6. The van der Waals surface area contributed by atoms with E-state index in [2.05, 4.69) is 26.2 Å². The molecule has 1 aliphatic rings. The van der Waals surface area contributed by atoms with Gasteiger partial charge in [-0.3, -0.25) is 15.0 Å². The highest BCUT2D eigenvalue weighted by Crippen LogP contribution is 2.36. The summed E-state index contributed by atoms with van der Waals surface area (Å²) in [6.45, 7) is 15.1. The minimum atomic E-state index is -0.329. The van der Waals surface area contributed by atoms with Gasteiger partial charge in [0, 0.05) is 16.7 Å². The van der Waals surface area contributed by atoms with Crippen molar-refractivity contribution in [2.24, 2.45) is 5.41 Å². The van der Waals surface area contributed by atoms with Gasteiger partial charge in [0.2, 0.25) is 0 Å². The van der Waals surface area contributed by atoms with E-state index in [9.17, 15) is 9.59 Å². The molecule has 1 atom stereocenters. The van der Waals surface area contributed by atoms with Crippen LogP contribution in [-0.2, 0) is 6.42 Å². The van der Waals surface area contributed by atoms with Crippen LogP contribution in [0.1, 0.15) is 78.4 Å². The first kappa shape index (κ1) is 24.6. The number of hydrogen-bond acceptors (Lipinski definition) is 4. The molecular weight excluding hydrogens is 416 g/mol. The van der Waals surface area contributed by atoms with Gasteiger partial charge in [0.15, 0.2) is 11.5 Å². The Hall–Kier alpha value is -3.02. The Morgan fingerprint density at radius 3 is 2.24 bits per heavy atom. The fourth-order valence-electron chi connectivity index (χ4n) is 4.60. The monoisotopic (exact) mass is 452 g/mol. The Morgan fingerprint density at radius 1 is 1.03 bits per heavy atom. The zero-order valence-electron chi connectivity index (χ0n) is 20.9. The molecule has 0 radical (unpaired) electrons. The van der Waals surface area contributed by atoms with E-state index in [-0.39, 0.29) is 23.3 Å². The van der Waals surface area contributed by atoms with Gasteiger partial charge < -0.3 is 9.47 Å². The lowest BCUT2D eigenvalue weighted by atomic mass is 9.84. The minimum Gasteiger partial charge on any atom is -0.486 e. The van der Waals surface area contributed by atoms with Crippen LogP contribution in [0, 0.1) is 19.3 Å². The van der Waals surface area contributed by atoms with Crippen molar-refractivity contribution in [2.45, 2.75) is 67.3 Å². The van der Waals surface area contributed by atoms with Crippen molar-refractivity contribution in [3.63, 3.8) is 0 Å². The summed E-state index contributed by atoms with van der Waals surface area (Å²) >= 11 is 0. The molecule has 0 aromatic heterocycles. The molecule has 0 saturated heterocycles. The first-order valence-electron chi connectivity index (χ1n) is 11.7. The van der Waals surface area contributed by atoms with E-state index in [0.717, 1.165) is 16.7 Å². The predicted molar refractivity (Wildman–Crippen MR) is 130 cm³/mol. The van der Waals surface area contributed by atoms with Crippen LogP contribution in [0.2, 0.25) is 0 Å². The number of ether oxygens (including phenoxy) is 2. The third-order valence-corrected chi connectivity index (χ3v) is 6.02. The van der Waals surface area contributed by atoms with Gasteiger partial charge in [-0.15, -0.1) is 0 Å². The summed E-state index contributed by atoms with van der Waals surface area (Å²) in [5.74, 6) is 0.724. The van der Waals surface area contributed by atoms with Crippen LogP contribution in [0.4, 0.5) is 0 Å². The van der Waals surface area contributed by atoms with Gasteiger partial charge in [-0.1, -0.05) is 51.8 Å². The zero-order valence-corrected chi connectivity index (χ0v) is 20.9. The largest absolute Gasteiger partial charge is 0.486 e. The van der Waals surface area contributed by atoms with Crippen LogP contribution in [-0.4, -0.2) is 36.1 Å². The lowest BCUT2D eigenvalue weighted by Crippen LogP contribution is -2.56. The Kier molecular flexibility index (Phi) is 7.35. The van der Waals surface area contributed by atoms with Crippen LogP contribution in [0.3, 0.4) is 0 Å². The molecule has 1 N–H and O–H groups in total. The normalized spacial score (nSPS) is 13.9. The van der Waals surface area contributed by atoms with E-state index in [1.807, 2.05) is 45.9 Å². The number of hydrogen-bond donors (Lipinski definition) is 1. The first-order valence-corrected chi connectivity index (χ1v) is 11.7. The van der Waals surface area contributed by atoms with Gasteiger partial charge in [0.05, 0.1) is 6.04 Å². The van der Waals surface area contributed by atoms with Gasteiger partial charge in [0.1, 0.15) is 13.2 Å².